The fourth-order valence-electron chi connectivity index (χ4n) is 2.49. The minimum absolute atomic E-state index is 0.00534. The smallest absolute Gasteiger partial charge is 0.266 e. The fraction of sp³-hybridized carbons (Fsp3) is 0.667. The number of hydrogen-bond acceptors (Lipinski definition) is 3. The van der Waals surface area contributed by atoms with Crippen molar-refractivity contribution in [3.8, 4) is 0 Å². The van der Waals surface area contributed by atoms with E-state index in [4.69, 9.17) is 0 Å². The molecular formula is C12H18N2OS. The van der Waals surface area contributed by atoms with Gasteiger partial charge in [0.25, 0.3) is 5.56 Å². The number of nitrogens with zero attached hydrogens (tertiary/aromatic N) is 2. The van der Waals surface area contributed by atoms with Gasteiger partial charge in [-0.05, 0) is 30.1 Å². The molecule has 0 N–H and O–H groups in total. The summed E-state index contributed by atoms with van der Waals surface area (Å²) in [6.45, 7) is 0.718. The minimum Gasteiger partial charge on any atom is -0.268 e. The molecular weight excluding hydrogens is 220 g/mol. The molecule has 88 valence electrons. The zero-order chi connectivity index (χ0) is 11.4. The van der Waals surface area contributed by atoms with Crippen molar-refractivity contribution in [1.29, 1.82) is 0 Å². The average molecular weight is 238 g/mol. The Morgan fingerprint density at radius 1 is 1.38 bits per heavy atom. The van der Waals surface area contributed by atoms with Crippen LogP contribution in [0.5, 0.6) is 0 Å². The summed E-state index contributed by atoms with van der Waals surface area (Å²) in [6.07, 6.45) is 7.83. The molecule has 1 aromatic heterocycles. The number of aromatic nitrogens is 2. The second-order valence-electron chi connectivity index (χ2n) is 4.74. The lowest BCUT2D eigenvalue weighted by Crippen LogP contribution is -2.36. The molecule has 3 nitrogen and oxygen atoms in total. The Morgan fingerprint density at radius 2 is 2.12 bits per heavy atom. The summed E-state index contributed by atoms with van der Waals surface area (Å²) >= 11 is 4.47. The van der Waals surface area contributed by atoms with E-state index in [9.17, 15) is 4.79 Å². The largest absolute Gasteiger partial charge is 0.268 e. The van der Waals surface area contributed by atoms with E-state index >= 15 is 0 Å². The zero-order valence-corrected chi connectivity index (χ0v) is 10.3. The van der Waals surface area contributed by atoms with Gasteiger partial charge in [-0.1, -0.05) is 19.3 Å². The Balaban J connectivity index is 2.18. The second-order valence-corrected chi connectivity index (χ2v) is 5.05. The van der Waals surface area contributed by atoms with E-state index in [1.54, 1.807) is 23.0 Å². The SMILES string of the molecule is O=c1cccnn1CC1(CS)CCCCC1. The number of hydrogen-bond donors (Lipinski definition) is 1. The average Bonchev–Trinajstić information content (AvgIpc) is 2.33. The standard InChI is InChI=1S/C12H18N2OS/c15-11-5-4-8-13-14(11)9-12(10-16)6-2-1-3-7-12/h4-5,8,16H,1-3,6-7,9-10H2. The molecule has 1 saturated carbocycles. The van der Waals surface area contributed by atoms with Crippen LogP contribution in [0, 0.1) is 5.41 Å². The molecule has 0 aliphatic heterocycles. The van der Waals surface area contributed by atoms with Gasteiger partial charge < -0.3 is 0 Å². The van der Waals surface area contributed by atoms with Crippen LogP contribution in [-0.4, -0.2) is 15.5 Å². The van der Waals surface area contributed by atoms with Gasteiger partial charge in [0.2, 0.25) is 0 Å². The van der Waals surface area contributed by atoms with Gasteiger partial charge in [-0.2, -0.15) is 17.7 Å². The van der Waals surface area contributed by atoms with E-state index in [0.29, 0.717) is 0 Å². The van der Waals surface area contributed by atoms with Crippen molar-refractivity contribution in [3.63, 3.8) is 0 Å². The first kappa shape index (κ1) is 11.7. The third-order valence-electron chi connectivity index (χ3n) is 3.52. The Kier molecular flexibility index (Phi) is 3.69. The van der Waals surface area contributed by atoms with Gasteiger partial charge in [-0.15, -0.1) is 0 Å². The highest BCUT2D eigenvalue weighted by Crippen LogP contribution is 2.38. The lowest BCUT2D eigenvalue weighted by Gasteiger charge is -2.35. The highest BCUT2D eigenvalue weighted by Gasteiger charge is 2.31. The normalized spacial score (nSPS) is 19.6. The maximum Gasteiger partial charge on any atom is 0.266 e. The van der Waals surface area contributed by atoms with Crippen LogP contribution in [0.4, 0.5) is 0 Å². The molecule has 1 heterocycles. The highest BCUT2D eigenvalue weighted by molar-refractivity contribution is 7.80. The molecule has 0 atom stereocenters. The monoisotopic (exact) mass is 238 g/mol. The summed E-state index contributed by atoms with van der Waals surface area (Å²) in [5, 5.41) is 4.14. The van der Waals surface area contributed by atoms with E-state index in [2.05, 4.69) is 17.7 Å². The topological polar surface area (TPSA) is 34.9 Å². The summed E-state index contributed by atoms with van der Waals surface area (Å²) in [4.78, 5) is 11.6. The third kappa shape index (κ3) is 2.48. The van der Waals surface area contributed by atoms with Crippen LogP contribution in [0.1, 0.15) is 32.1 Å². The molecule has 0 radical (unpaired) electrons. The van der Waals surface area contributed by atoms with E-state index in [1.165, 1.54) is 32.1 Å². The molecule has 16 heavy (non-hydrogen) atoms. The van der Waals surface area contributed by atoms with E-state index in [-0.39, 0.29) is 11.0 Å². The molecule has 2 rings (SSSR count). The summed E-state index contributed by atoms with van der Waals surface area (Å²) in [6, 6.07) is 3.26. The lowest BCUT2D eigenvalue weighted by molar-refractivity contribution is 0.179. The number of rotatable bonds is 3. The van der Waals surface area contributed by atoms with Gasteiger partial charge >= 0.3 is 0 Å². The van der Waals surface area contributed by atoms with Crippen molar-refractivity contribution in [1.82, 2.24) is 9.78 Å². The Labute approximate surface area is 101 Å². The van der Waals surface area contributed by atoms with Gasteiger partial charge in [0, 0.05) is 12.3 Å². The first-order valence-corrected chi connectivity index (χ1v) is 6.52. The predicted molar refractivity (Wildman–Crippen MR) is 67.9 cm³/mol. The first-order valence-electron chi connectivity index (χ1n) is 5.89. The Bertz CT molecular complexity index is 396. The zero-order valence-electron chi connectivity index (χ0n) is 9.43. The number of thiol groups is 1. The molecule has 0 bridgehead atoms. The van der Waals surface area contributed by atoms with Crippen molar-refractivity contribution in [3.05, 3.63) is 28.7 Å². The van der Waals surface area contributed by atoms with E-state index < -0.39 is 0 Å². The van der Waals surface area contributed by atoms with Crippen molar-refractivity contribution in [2.24, 2.45) is 5.41 Å². The molecule has 0 unspecified atom stereocenters. The Morgan fingerprint density at radius 3 is 2.75 bits per heavy atom. The van der Waals surface area contributed by atoms with Crippen molar-refractivity contribution in [2.45, 2.75) is 38.6 Å². The van der Waals surface area contributed by atoms with Crippen LogP contribution in [-0.2, 0) is 6.54 Å². The quantitative estimate of drug-likeness (QED) is 0.819. The van der Waals surface area contributed by atoms with Gasteiger partial charge in [0.05, 0.1) is 6.54 Å². The van der Waals surface area contributed by atoms with E-state index in [1.807, 2.05) is 0 Å². The third-order valence-corrected chi connectivity index (χ3v) is 4.19. The maximum absolute atomic E-state index is 11.6. The predicted octanol–water partition coefficient (Wildman–Crippen LogP) is 2.12. The molecule has 1 aliphatic rings. The highest BCUT2D eigenvalue weighted by atomic mass is 32.1. The molecule has 1 fully saturated rings. The minimum atomic E-state index is -0.00534. The van der Waals surface area contributed by atoms with Crippen LogP contribution < -0.4 is 5.56 Å². The molecule has 0 spiro atoms. The van der Waals surface area contributed by atoms with Crippen LogP contribution in [0.15, 0.2) is 23.1 Å². The molecule has 0 saturated heterocycles. The summed E-state index contributed by atoms with van der Waals surface area (Å²) in [5.41, 5.74) is 0.175. The van der Waals surface area contributed by atoms with Crippen LogP contribution >= 0.6 is 12.6 Å². The van der Waals surface area contributed by atoms with Crippen molar-refractivity contribution in [2.75, 3.05) is 5.75 Å². The van der Waals surface area contributed by atoms with Crippen LogP contribution in [0.25, 0.3) is 0 Å². The molecule has 0 amide bonds. The summed E-state index contributed by atoms with van der Waals surface area (Å²) in [5.74, 6) is 0.843. The van der Waals surface area contributed by atoms with Crippen molar-refractivity contribution < 1.29 is 0 Å². The summed E-state index contributed by atoms with van der Waals surface area (Å²) < 4.78 is 1.58. The van der Waals surface area contributed by atoms with Gasteiger partial charge in [0.1, 0.15) is 0 Å². The molecule has 1 aromatic rings. The van der Waals surface area contributed by atoms with Gasteiger partial charge in [-0.25, -0.2) is 4.68 Å². The second kappa shape index (κ2) is 5.04. The Hall–Kier alpha value is -0.770. The van der Waals surface area contributed by atoms with Crippen LogP contribution in [0.3, 0.4) is 0 Å². The van der Waals surface area contributed by atoms with Crippen molar-refractivity contribution >= 4 is 12.6 Å². The summed E-state index contributed by atoms with van der Waals surface area (Å²) in [7, 11) is 0. The first-order chi connectivity index (χ1) is 7.76. The van der Waals surface area contributed by atoms with E-state index in [0.717, 1.165) is 12.3 Å². The molecule has 0 aromatic carbocycles. The van der Waals surface area contributed by atoms with Gasteiger partial charge in [-0.3, -0.25) is 4.79 Å². The van der Waals surface area contributed by atoms with Crippen LogP contribution in [0.2, 0.25) is 0 Å². The molecule has 1 aliphatic carbocycles. The van der Waals surface area contributed by atoms with Gasteiger partial charge in [0.15, 0.2) is 0 Å². The maximum atomic E-state index is 11.6. The lowest BCUT2D eigenvalue weighted by atomic mass is 9.75. The fourth-order valence-corrected chi connectivity index (χ4v) is 2.91. The molecule has 4 heteroatoms.